The molecule has 0 unspecified atom stereocenters. The van der Waals surface area contributed by atoms with E-state index in [9.17, 15) is 9.59 Å². The third kappa shape index (κ3) is 5.00. The maximum Gasteiger partial charge on any atom is 0.258 e. The number of hydrogen-bond donors (Lipinski definition) is 1. The fourth-order valence-corrected chi connectivity index (χ4v) is 5.97. The molecule has 42 heavy (non-hydrogen) atoms. The highest BCUT2D eigenvalue weighted by atomic mass is 16.2. The Bertz CT molecular complexity index is 1780. The molecule has 0 spiro atoms. The number of amides is 2. The van der Waals surface area contributed by atoms with Gasteiger partial charge in [-0.3, -0.25) is 9.59 Å². The molecule has 2 amide bonds. The molecule has 6 rings (SSSR count). The molecule has 1 N–H and O–H groups in total. The molecule has 5 aromatic rings. The smallest absolute Gasteiger partial charge is 0.258 e. The summed E-state index contributed by atoms with van der Waals surface area (Å²) in [5.74, 6) is 0.694. The SMILES string of the molecule is Cc1nc2c(n1C(C)(C)C)CCN(C(=O)c1ccc(NC(=O)c3ccccc3-c3ccccc3)cc1)c1ccccc1-2. The van der Waals surface area contributed by atoms with Crippen molar-refractivity contribution < 1.29 is 9.59 Å². The summed E-state index contributed by atoms with van der Waals surface area (Å²) in [7, 11) is 0. The van der Waals surface area contributed by atoms with Gasteiger partial charge in [0, 0.05) is 46.6 Å². The number of benzene rings is 4. The average Bonchev–Trinajstić information content (AvgIpc) is 3.26. The van der Waals surface area contributed by atoms with Gasteiger partial charge in [0.2, 0.25) is 0 Å². The molecule has 2 heterocycles. The predicted octanol–water partition coefficient (Wildman–Crippen LogP) is 7.74. The number of para-hydroxylation sites is 1. The summed E-state index contributed by atoms with van der Waals surface area (Å²) in [6.45, 7) is 9.14. The number of rotatable bonds is 4. The maximum atomic E-state index is 13.9. The van der Waals surface area contributed by atoms with Crippen molar-refractivity contribution in [3.8, 4) is 22.4 Å². The minimum absolute atomic E-state index is 0.0843. The fourth-order valence-electron chi connectivity index (χ4n) is 5.97. The molecule has 0 saturated heterocycles. The second-order valence-corrected chi connectivity index (χ2v) is 11.6. The molecular weight excluding hydrogens is 520 g/mol. The van der Waals surface area contributed by atoms with Crippen molar-refractivity contribution in [3.05, 3.63) is 126 Å². The van der Waals surface area contributed by atoms with E-state index in [2.05, 4.69) is 30.7 Å². The molecule has 0 aliphatic carbocycles. The van der Waals surface area contributed by atoms with E-state index in [1.54, 1.807) is 24.3 Å². The topological polar surface area (TPSA) is 67.2 Å². The highest BCUT2D eigenvalue weighted by Gasteiger charge is 2.31. The van der Waals surface area contributed by atoms with Crippen molar-refractivity contribution in [1.82, 2.24) is 9.55 Å². The van der Waals surface area contributed by atoms with Crippen LogP contribution < -0.4 is 10.2 Å². The molecule has 0 atom stereocenters. The van der Waals surface area contributed by atoms with Crippen LogP contribution in [0.2, 0.25) is 0 Å². The molecular formula is C36H34N4O2. The number of carbonyl (C=O) groups is 2. The molecule has 0 fully saturated rings. The van der Waals surface area contributed by atoms with E-state index in [1.165, 1.54) is 0 Å². The van der Waals surface area contributed by atoms with E-state index in [1.807, 2.05) is 90.7 Å². The Kier molecular flexibility index (Phi) is 6.99. The lowest BCUT2D eigenvalue weighted by Gasteiger charge is -2.26. The molecule has 1 aromatic heterocycles. The molecule has 0 saturated carbocycles. The van der Waals surface area contributed by atoms with Gasteiger partial charge in [0.05, 0.1) is 11.4 Å². The molecule has 0 bridgehead atoms. The Hall–Kier alpha value is -4.97. The third-order valence-electron chi connectivity index (χ3n) is 7.72. The third-order valence-corrected chi connectivity index (χ3v) is 7.72. The van der Waals surface area contributed by atoms with Crippen LogP contribution >= 0.6 is 0 Å². The van der Waals surface area contributed by atoms with Gasteiger partial charge in [-0.05, 0) is 75.2 Å². The monoisotopic (exact) mass is 554 g/mol. The lowest BCUT2D eigenvalue weighted by atomic mass is 9.99. The summed E-state index contributed by atoms with van der Waals surface area (Å²) in [5.41, 5.74) is 7.41. The van der Waals surface area contributed by atoms with Gasteiger partial charge in [-0.25, -0.2) is 4.98 Å². The van der Waals surface area contributed by atoms with Crippen LogP contribution in [0.4, 0.5) is 11.4 Å². The van der Waals surface area contributed by atoms with Crippen molar-refractivity contribution in [1.29, 1.82) is 0 Å². The Morgan fingerprint density at radius 3 is 2.14 bits per heavy atom. The quantitative estimate of drug-likeness (QED) is 0.247. The van der Waals surface area contributed by atoms with E-state index in [4.69, 9.17) is 4.98 Å². The number of nitrogens with one attached hydrogen (secondary N) is 1. The zero-order valence-electron chi connectivity index (χ0n) is 24.4. The van der Waals surface area contributed by atoms with E-state index in [0.717, 1.165) is 39.6 Å². The van der Waals surface area contributed by atoms with E-state index < -0.39 is 0 Å². The normalized spacial score (nSPS) is 12.7. The largest absolute Gasteiger partial charge is 0.326 e. The second-order valence-electron chi connectivity index (χ2n) is 11.6. The van der Waals surface area contributed by atoms with Gasteiger partial charge in [-0.2, -0.15) is 0 Å². The lowest BCUT2D eigenvalue weighted by molar-refractivity contribution is 0.0986. The van der Waals surface area contributed by atoms with Crippen LogP contribution in [0, 0.1) is 6.92 Å². The summed E-state index contributed by atoms with van der Waals surface area (Å²) < 4.78 is 2.29. The molecule has 1 aliphatic heterocycles. The van der Waals surface area contributed by atoms with Gasteiger partial charge in [0.25, 0.3) is 11.8 Å². The van der Waals surface area contributed by atoms with Crippen molar-refractivity contribution in [2.75, 3.05) is 16.8 Å². The Labute approximate surface area is 246 Å². The highest BCUT2D eigenvalue weighted by molar-refractivity contribution is 6.10. The summed E-state index contributed by atoms with van der Waals surface area (Å²) in [6.07, 6.45) is 0.697. The van der Waals surface area contributed by atoms with Gasteiger partial charge >= 0.3 is 0 Å². The molecule has 4 aromatic carbocycles. The van der Waals surface area contributed by atoms with Gasteiger partial charge in [0.1, 0.15) is 5.82 Å². The van der Waals surface area contributed by atoms with Gasteiger partial charge in [-0.15, -0.1) is 0 Å². The van der Waals surface area contributed by atoms with Crippen LogP contribution in [0.15, 0.2) is 103 Å². The number of carbonyl (C=O) groups excluding carboxylic acids is 2. The molecule has 1 aliphatic rings. The van der Waals surface area contributed by atoms with Crippen LogP contribution in [-0.2, 0) is 12.0 Å². The first-order chi connectivity index (χ1) is 20.2. The Balaban J connectivity index is 1.25. The summed E-state index contributed by atoms with van der Waals surface area (Å²) in [6, 6.07) is 32.5. The zero-order chi connectivity index (χ0) is 29.4. The number of imidazole rings is 1. The first-order valence-electron chi connectivity index (χ1n) is 14.3. The summed E-state index contributed by atoms with van der Waals surface area (Å²) >= 11 is 0. The lowest BCUT2D eigenvalue weighted by Crippen LogP contribution is -2.33. The zero-order valence-corrected chi connectivity index (χ0v) is 24.4. The molecule has 6 nitrogen and oxygen atoms in total. The number of aromatic nitrogens is 2. The van der Waals surface area contributed by atoms with Crippen LogP contribution in [0.5, 0.6) is 0 Å². The van der Waals surface area contributed by atoms with Gasteiger partial charge < -0.3 is 14.8 Å². The minimum Gasteiger partial charge on any atom is -0.326 e. The van der Waals surface area contributed by atoms with Crippen LogP contribution in [-0.4, -0.2) is 27.9 Å². The summed E-state index contributed by atoms with van der Waals surface area (Å²) in [4.78, 5) is 34.0. The van der Waals surface area contributed by atoms with Gasteiger partial charge in [0.15, 0.2) is 0 Å². The van der Waals surface area contributed by atoms with E-state index in [-0.39, 0.29) is 17.4 Å². The number of hydrogen-bond acceptors (Lipinski definition) is 3. The van der Waals surface area contributed by atoms with Crippen LogP contribution in [0.25, 0.3) is 22.4 Å². The van der Waals surface area contributed by atoms with Gasteiger partial charge in [-0.1, -0.05) is 66.7 Å². The number of aryl methyl sites for hydroxylation is 1. The molecule has 210 valence electrons. The average molecular weight is 555 g/mol. The van der Waals surface area contributed by atoms with Crippen molar-refractivity contribution in [2.24, 2.45) is 0 Å². The number of anilines is 2. The van der Waals surface area contributed by atoms with Crippen molar-refractivity contribution in [2.45, 2.75) is 39.7 Å². The minimum atomic E-state index is -0.199. The van der Waals surface area contributed by atoms with E-state index >= 15 is 0 Å². The van der Waals surface area contributed by atoms with Crippen LogP contribution in [0.1, 0.15) is 53.0 Å². The van der Waals surface area contributed by atoms with E-state index in [0.29, 0.717) is 29.8 Å². The molecule has 0 radical (unpaired) electrons. The molecule has 6 heteroatoms. The van der Waals surface area contributed by atoms with Crippen molar-refractivity contribution >= 4 is 23.2 Å². The fraction of sp³-hybridized carbons (Fsp3) is 0.194. The Morgan fingerprint density at radius 1 is 0.786 bits per heavy atom. The highest BCUT2D eigenvalue weighted by Crippen LogP contribution is 2.38. The first kappa shape index (κ1) is 27.2. The summed E-state index contributed by atoms with van der Waals surface area (Å²) in [5, 5.41) is 3.00. The number of nitrogens with zero attached hydrogens (tertiary/aromatic N) is 3. The number of fused-ring (bicyclic) bond motifs is 3. The predicted molar refractivity (Wildman–Crippen MR) is 169 cm³/mol. The maximum absolute atomic E-state index is 13.9. The first-order valence-corrected chi connectivity index (χ1v) is 14.3. The Morgan fingerprint density at radius 2 is 1.43 bits per heavy atom. The van der Waals surface area contributed by atoms with Crippen molar-refractivity contribution in [3.63, 3.8) is 0 Å². The van der Waals surface area contributed by atoms with Crippen LogP contribution in [0.3, 0.4) is 0 Å². The second kappa shape index (κ2) is 10.8. The standard InChI is InChI=1S/C36H34N4O2/c1-24-37-33-30-16-10-11-17-31(30)39(23-22-32(33)40(24)36(2,3)4)35(42)26-18-20-27(21-19-26)38-34(41)29-15-9-8-14-28(29)25-12-6-5-7-13-25/h5-21H,22-23H2,1-4H3,(H,38,41).